The number of anilines is 2. The zero-order valence-corrected chi connectivity index (χ0v) is 28.0. The minimum absolute atomic E-state index is 0.133. The molecule has 0 unspecified atom stereocenters. The second-order valence-corrected chi connectivity index (χ2v) is 13.5. The van der Waals surface area contributed by atoms with E-state index < -0.39 is 10.1 Å². The van der Waals surface area contributed by atoms with Crippen LogP contribution in [-0.2, 0) is 10.1 Å². The Labute approximate surface area is 267 Å². The van der Waals surface area contributed by atoms with Gasteiger partial charge in [-0.05, 0) is 136 Å². The molecule has 6 heteroatoms. The fraction of sp³-hybridized carbons (Fsp3) is 0.205. The Hall–Kier alpha value is -4.52. The van der Waals surface area contributed by atoms with E-state index >= 15 is 0 Å². The molecule has 0 amide bonds. The van der Waals surface area contributed by atoms with Crippen LogP contribution in [0.1, 0.15) is 57.0 Å². The van der Waals surface area contributed by atoms with Crippen molar-refractivity contribution in [2.45, 2.75) is 60.3 Å². The first-order chi connectivity index (χ1) is 21.2. The molecule has 0 atom stereocenters. The topological polar surface area (TPSA) is 78.8 Å². The highest BCUT2D eigenvalue weighted by molar-refractivity contribution is 7.86. The number of rotatable bonds is 6. The fourth-order valence-corrected chi connectivity index (χ4v) is 7.05. The van der Waals surface area contributed by atoms with E-state index in [1.54, 1.807) is 18.2 Å². The molecule has 0 saturated carbocycles. The van der Waals surface area contributed by atoms with Crippen molar-refractivity contribution in [3.05, 3.63) is 146 Å². The standard InChI is InChI=1S/C39H40N2O3S/c1-23-17-27(5)38(28(6)18-23)40-31-13-15-33(25(3)21-31)37(35-11-9-10-12-36(35)45(42,43)44)34-16-14-32(22-26(34)4)41-39-29(7)19-24(2)20-30(39)8/h9-22,40H,1-8H3,(H,42,43,44). The summed E-state index contributed by atoms with van der Waals surface area (Å²) in [6.45, 7) is 16.5. The van der Waals surface area contributed by atoms with Gasteiger partial charge in [0, 0.05) is 16.9 Å². The summed E-state index contributed by atoms with van der Waals surface area (Å²) in [6, 6.07) is 21.3. The Morgan fingerprint density at radius 3 is 1.87 bits per heavy atom. The van der Waals surface area contributed by atoms with Crippen molar-refractivity contribution in [3.8, 4) is 0 Å². The van der Waals surface area contributed by atoms with Crippen LogP contribution in [0.4, 0.5) is 17.1 Å². The summed E-state index contributed by atoms with van der Waals surface area (Å²) in [5, 5.41) is 3.59. The molecule has 0 bridgehead atoms. The Balaban J connectivity index is 1.67. The molecule has 230 valence electrons. The van der Waals surface area contributed by atoms with Gasteiger partial charge in [-0.1, -0.05) is 65.7 Å². The molecule has 0 heterocycles. The summed E-state index contributed by atoms with van der Waals surface area (Å²) in [5.41, 5.74) is 15.5. The molecule has 4 aromatic rings. The number of allylic oxidation sites excluding steroid dienone is 5. The van der Waals surface area contributed by atoms with Crippen molar-refractivity contribution in [3.63, 3.8) is 0 Å². The van der Waals surface area contributed by atoms with Gasteiger partial charge in [0.15, 0.2) is 0 Å². The molecule has 5 nitrogen and oxygen atoms in total. The van der Waals surface area contributed by atoms with Crippen molar-refractivity contribution in [2.24, 2.45) is 4.99 Å². The quantitative estimate of drug-likeness (QED) is 0.211. The average Bonchev–Trinajstić information content (AvgIpc) is 2.94. The lowest BCUT2D eigenvalue weighted by atomic mass is 9.85. The van der Waals surface area contributed by atoms with Gasteiger partial charge in [0.2, 0.25) is 0 Å². The minimum atomic E-state index is -4.50. The monoisotopic (exact) mass is 616 g/mol. The van der Waals surface area contributed by atoms with Gasteiger partial charge in [0.1, 0.15) is 4.90 Å². The summed E-state index contributed by atoms with van der Waals surface area (Å²) in [4.78, 5) is 4.85. The van der Waals surface area contributed by atoms with E-state index in [2.05, 4.69) is 77.2 Å². The second kappa shape index (κ2) is 12.5. The average molecular weight is 617 g/mol. The molecule has 0 aromatic heterocycles. The highest BCUT2D eigenvalue weighted by atomic mass is 32.2. The SMILES string of the molecule is CC1=CC(=Nc2c(C)cc(C)cc2C)C=CC1=C(c1ccc(Nc2c(C)cc(C)cc2C)cc1C)c1ccccc1S(=O)(=O)O. The Morgan fingerprint density at radius 1 is 0.689 bits per heavy atom. The number of nitrogens with zero attached hydrogens (tertiary/aromatic N) is 1. The van der Waals surface area contributed by atoms with Crippen LogP contribution >= 0.6 is 0 Å². The van der Waals surface area contributed by atoms with E-state index in [9.17, 15) is 13.0 Å². The summed E-state index contributed by atoms with van der Waals surface area (Å²) in [5.74, 6) is 0. The molecule has 5 rings (SSSR count). The van der Waals surface area contributed by atoms with Gasteiger partial charge < -0.3 is 5.32 Å². The van der Waals surface area contributed by atoms with Crippen LogP contribution in [-0.4, -0.2) is 18.7 Å². The zero-order chi connectivity index (χ0) is 32.6. The molecule has 0 aliphatic heterocycles. The summed E-state index contributed by atoms with van der Waals surface area (Å²) in [6.07, 6.45) is 5.98. The lowest BCUT2D eigenvalue weighted by Gasteiger charge is -2.22. The van der Waals surface area contributed by atoms with Gasteiger partial charge in [-0.2, -0.15) is 8.42 Å². The second-order valence-electron chi connectivity index (χ2n) is 12.1. The van der Waals surface area contributed by atoms with Gasteiger partial charge in [-0.25, -0.2) is 4.99 Å². The van der Waals surface area contributed by atoms with Gasteiger partial charge in [-0.3, -0.25) is 4.55 Å². The molecule has 4 aromatic carbocycles. The van der Waals surface area contributed by atoms with Crippen LogP contribution in [0.15, 0.2) is 106 Å². The third-order valence-corrected chi connectivity index (χ3v) is 9.14. The van der Waals surface area contributed by atoms with Crippen molar-refractivity contribution in [2.75, 3.05) is 5.32 Å². The van der Waals surface area contributed by atoms with E-state index in [1.165, 1.54) is 28.3 Å². The third-order valence-electron chi connectivity index (χ3n) is 8.23. The van der Waals surface area contributed by atoms with Crippen molar-refractivity contribution >= 4 is 38.5 Å². The first-order valence-corrected chi connectivity index (χ1v) is 16.5. The van der Waals surface area contributed by atoms with E-state index in [0.717, 1.165) is 61.7 Å². The van der Waals surface area contributed by atoms with Gasteiger partial charge in [-0.15, -0.1) is 0 Å². The van der Waals surface area contributed by atoms with Crippen molar-refractivity contribution in [1.29, 1.82) is 0 Å². The van der Waals surface area contributed by atoms with Gasteiger partial charge >= 0.3 is 0 Å². The lowest BCUT2D eigenvalue weighted by molar-refractivity contribution is 0.483. The summed E-state index contributed by atoms with van der Waals surface area (Å²) >= 11 is 0. The summed E-state index contributed by atoms with van der Waals surface area (Å²) < 4.78 is 35.4. The Kier molecular flexibility index (Phi) is 8.83. The third kappa shape index (κ3) is 6.77. The number of aliphatic imine (C=N–C) groups is 1. The molecule has 2 N–H and O–H groups in total. The van der Waals surface area contributed by atoms with Crippen LogP contribution in [0.3, 0.4) is 0 Å². The molecule has 0 spiro atoms. The van der Waals surface area contributed by atoms with E-state index in [0.29, 0.717) is 5.56 Å². The first kappa shape index (κ1) is 31.9. The Bertz CT molecular complexity index is 2030. The predicted molar refractivity (Wildman–Crippen MR) is 188 cm³/mol. The largest absolute Gasteiger partial charge is 0.355 e. The molecule has 0 saturated heterocycles. The number of hydrogen-bond acceptors (Lipinski definition) is 4. The van der Waals surface area contributed by atoms with E-state index in [1.807, 2.05) is 44.2 Å². The normalized spacial score (nSPS) is 15.3. The fourth-order valence-electron chi connectivity index (χ4n) is 6.35. The first-order valence-electron chi connectivity index (χ1n) is 15.0. The summed E-state index contributed by atoms with van der Waals surface area (Å²) in [7, 11) is -4.50. The van der Waals surface area contributed by atoms with Crippen LogP contribution in [0.25, 0.3) is 5.57 Å². The van der Waals surface area contributed by atoms with Gasteiger partial charge in [0.25, 0.3) is 10.1 Å². The smallest absolute Gasteiger partial charge is 0.295 e. The minimum Gasteiger partial charge on any atom is -0.355 e. The maximum absolute atomic E-state index is 12.6. The highest BCUT2D eigenvalue weighted by Crippen LogP contribution is 2.39. The van der Waals surface area contributed by atoms with E-state index in [-0.39, 0.29) is 4.90 Å². The number of nitrogens with one attached hydrogen (secondary N) is 1. The van der Waals surface area contributed by atoms with E-state index in [4.69, 9.17) is 4.99 Å². The molecule has 1 aliphatic rings. The maximum atomic E-state index is 12.6. The maximum Gasteiger partial charge on any atom is 0.295 e. The highest BCUT2D eigenvalue weighted by Gasteiger charge is 2.23. The molecule has 45 heavy (non-hydrogen) atoms. The van der Waals surface area contributed by atoms with Crippen LogP contribution in [0.5, 0.6) is 0 Å². The zero-order valence-electron chi connectivity index (χ0n) is 27.2. The van der Waals surface area contributed by atoms with Crippen LogP contribution < -0.4 is 5.32 Å². The predicted octanol–water partition coefficient (Wildman–Crippen LogP) is 9.93. The number of hydrogen-bond donors (Lipinski definition) is 2. The Morgan fingerprint density at radius 2 is 1.29 bits per heavy atom. The molecule has 0 radical (unpaired) electrons. The van der Waals surface area contributed by atoms with Crippen LogP contribution in [0, 0.1) is 48.5 Å². The lowest BCUT2D eigenvalue weighted by Crippen LogP contribution is -2.08. The molecule has 1 aliphatic carbocycles. The molecule has 0 fully saturated rings. The van der Waals surface area contributed by atoms with Gasteiger partial charge in [0.05, 0.1) is 11.4 Å². The molecular weight excluding hydrogens is 577 g/mol. The van der Waals surface area contributed by atoms with Crippen molar-refractivity contribution in [1.82, 2.24) is 0 Å². The number of benzene rings is 4. The van der Waals surface area contributed by atoms with Crippen molar-refractivity contribution < 1.29 is 13.0 Å². The van der Waals surface area contributed by atoms with Crippen LogP contribution in [0.2, 0.25) is 0 Å². The molecular formula is C39H40N2O3S. The number of aryl methyl sites for hydroxylation is 7.